The maximum atomic E-state index is 13.3. The van der Waals surface area contributed by atoms with E-state index in [-0.39, 0.29) is 36.3 Å². The number of halogens is 3. The number of carbonyl (C=O) groups is 1. The summed E-state index contributed by atoms with van der Waals surface area (Å²) in [6, 6.07) is 3.39. The topological polar surface area (TPSA) is 46.3 Å². The maximum absolute atomic E-state index is 13.3. The Morgan fingerprint density at radius 3 is 2.33 bits per heavy atom. The number of nitrogens with two attached hydrogens (primary N) is 1. The van der Waals surface area contributed by atoms with Gasteiger partial charge in [0.15, 0.2) is 0 Å². The molecular formula is C12H17ClF2N2O. The number of rotatable bonds is 4. The van der Waals surface area contributed by atoms with Gasteiger partial charge >= 0.3 is 0 Å². The monoisotopic (exact) mass is 278 g/mol. The third-order valence-electron chi connectivity index (χ3n) is 2.79. The summed E-state index contributed by atoms with van der Waals surface area (Å²) in [5.41, 5.74) is 5.22. The summed E-state index contributed by atoms with van der Waals surface area (Å²) in [5.74, 6) is -1.76. The van der Waals surface area contributed by atoms with Crippen LogP contribution in [-0.4, -0.2) is 30.4 Å². The van der Waals surface area contributed by atoms with Crippen LogP contribution >= 0.6 is 12.4 Å². The molecule has 0 spiro atoms. The molecule has 1 aromatic carbocycles. The minimum atomic E-state index is -0.702. The lowest BCUT2D eigenvalue weighted by atomic mass is 10.1. The predicted molar refractivity (Wildman–Crippen MR) is 68.6 cm³/mol. The first-order chi connectivity index (χ1) is 7.97. The highest BCUT2D eigenvalue weighted by molar-refractivity contribution is 5.85. The molecule has 0 aliphatic carbocycles. The number of amides is 1. The fourth-order valence-corrected chi connectivity index (χ4v) is 1.38. The molecule has 0 saturated carbocycles. The molecule has 18 heavy (non-hydrogen) atoms. The van der Waals surface area contributed by atoms with Crippen LogP contribution in [0.1, 0.15) is 12.5 Å². The van der Waals surface area contributed by atoms with E-state index >= 15 is 0 Å². The van der Waals surface area contributed by atoms with E-state index in [4.69, 9.17) is 5.73 Å². The molecule has 0 saturated heterocycles. The van der Waals surface area contributed by atoms with Crippen molar-refractivity contribution in [2.45, 2.75) is 19.4 Å². The van der Waals surface area contributed by atoms with E-state index in [1.807, 2.05) is 0 Å². The molecule has 0 bridgehead atoms. The summed E-state index contributed by atoms with van der Waals surface area (Å²) < 4.78 is 26.6. The van der Waals surface area contributed by atoms with Crippen molar-refractivity contribution in [3.05, 3.63) is 35.4 Å². The van der Waals surface area contributed by atoms with Crippen LogP contribution in [0.2, 0.25) is 0 Å². The van der Waals surface area contributed by atoms with E-state index in [1.54, 1.807) is 14.0 Å². The van der Waals surface area contributed by atoms with Gasteiger partial charge in [0.25, 0.3) is 0 Å². The molecule has 1 atom stereocenters. The van der Waals surface area contributed by atoms with Crippen molar-refractivity contribution >= 4 is 18.3 Å². The average Bonchev–Trinajstić information content (AvgIpc) is 2.31. The number of hydrogen-bond acceptors (Lipinski definition) is 2. The Balaban J connectivity index is 0.00000289. The fourth-order valence-electron chi connectivity index (χ4n) is 1.38. The van der Waals surface area contributed by atoms with Crippen molar-refractivity contribution in [2.24, 2.45) is 5.73 Å². The maximum Gasteiger partial charge on any atom is 0.227 e. The number of likely N-dealkylation sites (N-methyl/N-ethyl adjacent to an activating group) is 1. The third-order valence-corrected chi connectivity index (χ3v) is 2.79. The van der Waals surface area contributed by atoms with Crippen molar-refractivity contribution in [3.8, 4) is 0 Å². The Morgan fingerprint density at radius 1 is 1.39 bits per heavy atom. The second kappa shape index (κ2) is 7.28. The zero-order valence-corrected chi connectivity index (χ0v) is 11.1. The second-order valence-electron chi connectivity index (χ2n) is 3.97. The number of hydrogen-bond donors (Lipinski definition) is 1. The van der Waals surface area contributed by atoms with Crippen molar-refractivity contribution in [2.75, 3.05) is 13.6 Å². The van der Waals surface area contributed by atoms with Gasteiger partial charge in [-0.05, 0) is 19.1 Å². The van der Waals surface area contributed by atoms with E-state index in [9.17, 15) is 13.6 Å². The molecule has 3 nitrogen and oxygen atoms in total. The van der Waals surface area contributed by atoms with Crippen molar-refractivity contribution in [3.63, 3.8) is 0 Å². The lowest BCUT2D eigenvalue weighted by Crippen LogP contribution is -2.40. The third kappa shape index (κ3) is 3.92. The van der Waals surface area contributed by atoms with E-state index in [2.05, 4.69) is 0 Å². The van der Waals surface area contributed by atoms with Gasteiger partial charge in [-0.15, -0.1) is 12.4 Å². The Kier molecular flexibility index (Phi) is 6.80. The first kappa shape index (κ1) is 16.8. The molecule has 1 rings (SSSR count). The van der Waals surface area contributed by atoms with Crippen molar-refractivity contribution in [1.29, 1.82) is 0 Å². The normalized spacial score (nSPS) is 11.6. The molecule has 0 aliphatic heterocycles. The molecule has 0 radical (unpaired) electrons. The standard InChI is InChI=1S/C12H16F2N2O.ClH/c1-8(7-15)16(2)12(17)6-9-10(13)4-3-5-11(9)14;/h3-5,8H,6-7,15H2,1-2H3;1H. The number of nitrogens with zero attached hydrogens (tertiary/aromatic N) is 1. The van der Waals surface area contributed by atoms with Crippen LogP contribution in [0.25, 0.3) is 0 Å². The molecular weight excluding hydrogens is 262 g/mol. The van der Waals surface area contributed by atoms with Gasteiger partial charge in [-0.2, -0.15) is 0 Å². The Morgan fingerprint density at radius 2 is 1.89 bits per heavy atom. The lowest BCUT2D eigenvalue weighted by Gasteiger charge is -2.23. The first-order valence-electron chi connectivity index (χ1n) is 5.36. The molecule has 0 aliphatic rings. The van der Waals surface area contributed by atoms with Crippen LogP contribution < -0.4 is 5.73 Å². The van der Waals surface area contributed by atoms with Gasteiger partial charge in [-0.1, -0.05) is 6.07 Å². The molecule has 0 aromatic heterocycles. The highest BCUT2D eigenvalue weighted by Gasteiger charge is 2.18. The average molecular weight is 279 g/mol. The summed E-state index contributed by atoms with van der Waals surface area (Å²) in [6.07, 6.45) is -0.292. The fraction of sp³-hybridized carbons (Fsp3) is 0.417. The Hall–Kier alpha value is -1.20. The van der Waals surface area contributed by atoms with Crippen LogP contribution in [-0.2, 0) is 11.2 Å². The second-order valence-corrected chi connectivity index (χ2v) is 3.97. The van der Waals surface area contributed by atoms with E-state index < -0.39 is 11.6 Å². The van der Waals surface area contributed by atoms with E-state index in [1.165, 1.54) is 11.0 Å². The van der Waals surface area contributed by atoms with Gasteiger partial charge < -0.3 is 10.6 Å². The molecule has 1 unspecified atom stereocenters. The van der Waals surface area contributed by atoms with Crippen LogP contribution in [0.15, 0.2) is 18.2 Å². The summed E-state index contributed by atoms with van der Waals surface area (Å²) in [7, 11) is 1.57. The molecule has 6 heteroatoms. The summed E-state index contributed by atoms with van der Waals surface area (Å²) >= 11 is 0. The van der Waals surface area contributed by atoms with Gasteiger partial charge in [-0.3, -0.25) is 4.79 Å². The quantitative estimate of drug-likeness (QED) is 0.912. The number of carbonyl (C=O) groups excluding carboxylic acids is 1. The minimum absolute atomic E-state index is 0. The lowest BCUT2D eigenvalue weighted by molar-refractivity contribution is -0.130. The summed E-state index contributed by atoms with van der Waals surface area (Å²) in [4.78, 5) is 13.1. The van der Waals surface area contributed by atoms with Crippen molar-refractivity contribution < 1.29 is 13.6 Å². The van der Waals surface area contributed by atoms with Crippen LogP contribution in [0.5, 0.6) is 0 Å². The summed E-state index contributed by atoms with van der Waals surface area (Å²) in [5, 5.41) is 0. The van der Waals surface area contributed by atoms with E-state index in [0.717, 1.165) is 12.1 Å². The van der Waals surface area contributed by atoms with Crippen LogP contribution in [0.4, 0.5) is 8.78 Å². The predicted octanol–water partition coefficient (Wildman–Crippen LogP) is 1.73. The van der Waals surface area contributed by atoms with Gasteiger partial charge in [0.2, 0.25) is 5.91 Å². The summed E-state index contributed by atoms with van der Waals surface area (Å²) in [6.45, 7) is 2.08. The smallest absolute Gasteiger partial charge is 0.227 e. The zero-order valence-electron chi connectivity index (χ0n) is 10.3. The van der Waals surface area contributed by atoms with Gasteiger partial charge in [0.05, 0.1) is 6.42 Å². The Labute approximate surface area is 111 Å². The molecule has 102 valence electrons. The molecule has 0 fully saturated rings. The SMILES string of the molecule is CC(CN)N(C)C(=O)Cc1c(F)cccc1F.Cl. The Bertz CT molecular complexity index is 395. The largest absolute Gasteiger partial charge is 0.341 e. The number of benzene rings is 1. The zero-order chi connectivity index (χ0) is 13.0. The minimum Gasteiger partial charge on any atom is -0.341 e. The van der Waals surface area contributed by atoms with Gasteiger partial charge in [0, 0.05) is 25.2 Å². The highest BCUT2D eigenvalue weighted by Crippen LogP contribution is 2.14. The molecule has 1 amide bonds. The molecule has 0 heterocycles. The van der Waals surface area contributed by atoms with Gasteiger partial charge in [-0.25, -0.2) is 8.78 Å². The van der Waals surface area contributed by atoms with Crippen LogP contribution in [0.3, 0.4) is 0 Å². The van der Waals surface area contributed by atoms with E-state index in [0.29, 0.717) is 6.54 Å². The van der Waals surface area contributed by atoms with Crippen molar-refractivity contribution in [1.82, 2.24) is 4.90 Å². The van der Waals surface area contributed by atoms with Gasteiger partial charge in [0.1, 0.15) is 11.6 Å². The molecule has 1 aromatic rings. The molecule has 2 N–H and O–H groups in total. The first-order valence-corrected chi connectivity index (χ1v) is 5.36. The highest BCUT2D eigenvalue weighted by atomic mass is 35.5. The van der Waals surface area contributed by atoms with Crippen LogP contribution in [0, 0.1) is 11.6 Å².